The van der Waals surface area contributed by atoms with Crippen LogP contribution in [0.25, 0.3) is 0 Å². The Hall–Kier alpha value is 1.37. The van der Waals surface area contributed by atoms with Crippen LogP contribution in [0.3, 0.4) is 0 Å². The summed E-state index contributed by atoms with van der Waals surface area (Å²) in [5.41, 5.74) is 0. The predicted octanol–water partition coefficient (Wildman–Crippen LogP) is 5.82. The normalized spacial score (nSPS) is 23.4. The van der Waals surface area contributed by atoms with Crippen molar-refractivity contribution in [1.29, 1.82) is 0 Å². The maximum Gasteiger partial charge on any atom is 0.0650 e. The van der Waals surface area contributed by atoms with E-state index in [1.54, 1.807) is 23.5 Å². The van der Waals surface area contributed by atoms with Gasteiger partial charge in [-0.25, -0.2) is 11.8 Å². The highest BCUT2D eigenvalue weighted by Crippen LogP contribution is 2.62. The molecule has 92 valence electrons. The number of thioether (sulfide) groups is 4. The maximum absolute atomic E-state index is 5.25. The number of fused-ring (bicyclic) bond motifs is 1. The molecule has 17 heavy (non-hydrogen) atoms. The molecule has 8 heteroatoms. The zero-order valence-corrected chi connectivity index (χ0v) is 15.1. The van der Waals surface area contributed by atoms with E-state index in [0.717, 1.165) is 8.47 Å². The molecule has 1 aromatic rings. The fourth-order valence-corrected chi connectivity index (χ4v) is 10.3. The zero-order chi connectivity index (χ0) is 12.0. The first-order valence-electron chi connectivity index (χ1n) is 4.49. The van der Waals surface area contributed by atoms with Crippen LogP contribution in [-0.4, -0.2) is 0 Å². The first kappa shape index (κ1) is 13.4. The molecule has 3 rings (SSSR count). The van der Waals surface area contributed by atoms with Crippen molar-refractivity contribution in [2.75, 3.05) is 0 Å². The van der Waals surface area contributed by atoms with Crippen molar-refractivity contribution in [1.82, 2.24) is 0 Å². The highest BCUT2D eigenvalue weighted by Gasteiger charge is 2.19. The van der Waals surface area contributed by atoms with Gasteiger partial charge in [-0.15, -0.1) is 39.8 Å². The van der Waals surface area contributed by atoms with Gasteiger partial charge in [-0.2, -0.15) is 16.6 Å². The molecule has 2 aliphatic rings. The Morgan fingerprint density at radius 2 is 2.18 bits per heavy atom. The summed E-state index contributed by atoms with van der Waals surface area (Å²) in [7, 11) is 0. The Morgan fingerprint density at radius 1 is 1.35 bits per heavy atom. The lowest BCUT2D eigenvalue weighted by atomic mass is 10.7. The van der Waals surface area contributed by atoms with Gasteiger partial charge in [0, 0.05) is 12.7 Å². The van der Waals surface area contributed by atoms with Gasteiger partial charge in [-0.1, -0.05) is 17.1 Å². The molecule has 0 aromatic carbocycles. The van der Waals surface area contributed by atoms with Gasteiger partial charge < -0.3 is 24.0 Å². The van der Waals surface area contributed by atoms with Crippen molar-refractivity contribution in [3.63, 3.8) is 0 Å². The predicted molar refractivity (Wildman–Crippen MR) is 94.4 cm³/mol. The smallest absolute Gasteiger partial charge is 0.0650 e. The van der Waals surface area contributed by atoms with Crippen molar-refractivity contribution in [2.45, 2.75) is 15.3 Å². The fraction of sp³-hybridized carbons (Fsp3) is 0.111. The second-order valence-electron chi connectivity index (χ2n) is 3.16. The number of thiol groups is 1. The SMILES string of the molecule is C[c-]1c[s+][c-]2[c-]([sH+]1)SC(=C1SC([S-])=C(S)S1)S2. The Balaban J connectivity index is 1.90. The minimum Gasteiger partial charge on any atom is -0.771 e. The molecule has 0 spiro atoms. The molecule has 3 heterocycles. The standard InChI is InChI=1S/C9H7S8/c1-3-2-12-6-7(13-3)17-9(16-6)8-14-4(10)5(11)15-8/h2,10-11,13H,1H3/q-1/p-1. The summed E-state index contributed by atoms with van der Waals surface area (Å²) >= 11 is 20.0. The molecule has 0 N–H and O–H groups in total. The van der Waals surface area contributed by atoms with Gasteiger partial charge in [-0.05, 0) is 11.3 Å². The summed E-state index contributed by atoms with van der Waals surface area (Å²) in [6.07, 6.45) is 0. The third-order valence-electron chi connectivity index (χ3n) is 1.88. The monoisotopic (exact) mass is 370 g/mol. The molecule has 2 aliphatic heterocycles. The summed E-state index contributed by atoms with van der Waals surface area (Å²) in [6, 6.07) is 0. The largest absolute Gasteiger partial charge is 0.771 e. The van der Waals surface area contributed by atoms with Crippen LogP contribution in [0.1, 0.15) is 4.88 Å². The number of rotatable bonds is 0. The molecular weight excluding hydrogens is 365 g/mol. The van der Waals surface area contributed by atoms with Crippen LogP contribution in [-0.2, 0) is 12.6 Å². The van der Waals surface area contributed by atoms with Crippen LogP contribution in [0.15, 0.2) is 30.7 Å². The van der Waals surface area contributed by atoms with Gasteiger partial charge in [-0.3, -0.25) is 0 Å². The molecule has 0 unspecified atom stereocenters. The maximum atomic E-state index is 5.25. The lowest BCUT2D eigenvalue weighted by Crippen LogP contribution is -1.65. The van der Waals surface area contributed by atoms with Crippen molar-refractivity contribution >= 4 is 95.0 Å². The minimum atomic E-state index is 0.909. The van der Waals surface area contributed by atoms with Gasteiger partial charge in [0.1, 0.15) is 0 Å². The summed E-state index contributed by atoms with van der Waals surface area (Å²) in [5, 5.41) is 2.25. The first-order valence-corrected chi connectivity index (χ1v) is 10.4. The minimum absolute atomic E-state index is 0.909. The molecular formula is C9H6S8-2. The van der Waals surface area contributed by atoms with Crippen LogP contribution >= 0.6 is 82.3 Å². The molecule has 0 fully saturated rings. The third-order valence-corrected chi connectivity index (χ3v) is 11.7. The van der Waals surface area contributed by atoms with Gasteiger partial charge in [0.05, 0.1) is 4.24 Å². The van der Waals surface area contributed by atoms with Crippen LogP contribution in [0.4, 0.5) is 0 Å². The number of hydrogen-bond acceptors (Lipinski definition) is 6. The van der Waals surface area contributed by atoms with Gasteiger partial charge in [0.25, 0.3) is 0 Å². The quantitative estimate of drug-likeness (QED) is 0.264. The van der Waals surface area contributed by atoms with Crippen molar-refractivity contribution in [3.8, 4) is 0 Å². The van der Waals surface area contributed by atoms with E-state index in [1.165, 1.54) is 33.1 Å². The van der Waals surface area contributed by atoms with E-state index in [9.17, 15) is 0 Å². The topological polar surface area (TPSA) is 0 Å². The lowest BCUT2D eigenvalue weighted by molar-refractivity contribution is 1.52. The van der Waals surface area contributed by atoms with E-state index in [4.69, 9.17) is 12.6 Å². The van der Waals surface area contributed by atoms with E-state index in [2.05, 4.69) is 24.9 Å². The first-order chi connectivity index (χ1) is 8.13. The second kappa shape index (κ2) is 5.40. The highest BCUT2D eigenvalue weighted by molar-refractivity contribution is 8.38. The summed E-state index contributed by atoms with van der Waals surface area (Å²) in [5.74, 6) is 0. The van der Waals surface area contributed by atoms with E-state index in [0.29, 0.717) is 0 Å². The highest BCUT2D eigenvalue weighted by atomic mass is 32.2. The third kappa shape index (κ3) is 2.79. The van der Waals surface area contributed by atoms with Crippen LogP contribution in [0, 0.1) is 6.92 Å². The Bertz CT molecular complexity index is 542. The molecule has 0 saturated carbocycles. The summed E-state index contributed by atoms with van der Waals surface area (Å²) < 4.78 is 7.47. The number of hydrogen-bond donors (Lipinski definition) is 1. The molecule has 0 radical (unpaired) electrons. The van der Waals surface area contributed by atoms with Crippen LogP contribution in [0.2, 0.25) is 0 Å². The average molecular weight is 371 g/mol. The van der Waals surface area contributed by atoms with Crippen molar-refractivity contribution in [2.24, 2.45) is 0 Å². The van der Waals surface area contributed by atoms with E-state index in [-0.39, 0.29) is 0 Å². The molecule has 1 aromatic heterocycles. The van der Waals surface area contributed by atoms with Gasteiger partial charge in [0.15, 0.2) is 0 Å². The zero-order valence-electron chi connectivity index (χ0n) is 8.42. The summed E-state index contributed by atoms with van der Waals surface area (Å²) in [4.78, 5) is 1.43. The molecule has 0 nitrogen and oxygen atoms in total. The van der Waals surface area contributed by atoms with Crippen LogP contribution < -0.4 is 0 Å². The van der Waals surface area contributed by atoms with Crippen molar-refractivity contribution in [3.05, 3.63) is 27.2 Å². The number of aryl methyl sites for hydroxylation is 1. The summed E-state index contributed by atoms with van der Waals surface area (Å²) in [6.45, 7) is 2.18. The average Bonchev–Trinajstić information content (AvgIpc) is 2.83. The van der Waals surface area contributed by atoms with E-state index in [1.807, 2.05) is 34.9 Å². The van der Waals surface area contributed by atoms with E-state index >= 15 is 0 Å². The second-order valence-corrected chi connectivity index (χ2v) is 12.0. The molecule has 0 saturated heterocycles. The Morgan fingerprint density at radius 3 is 2.88 bits per heavy atom. The molecule has 0 amide bonds. The van der Waals surface area contributed by atoms with Crippen molar-refractivity contribution < 1.29 is 0 Å². The Labute approximate surface area is 136 Å². The lowest BCUT2D eigenvalue weighted by Gasteiger charge is -2.09. The van der Waals surface area contributed by atoms with E-state index < -0.39 is 0 Å². The Kier molecular flexibility index (Phi) is 4.24. The fourth-order valence-electron chi connectivity index (χ4n) is 1.19. The molecule has 0 aliphatic carbocycles. The molecule has 0 bridgehead atoms. The van der Waals surface area contributed by atoms with Crippen LogP contribution in [0.5, 0.6) is 0 Å². The molecule has 0 atom stereocenters. The van der Waals surface area contributed by atoms with Gasteiger partial charge >= 0.3 is 0 Å². The van der Waals surface area contributed by atoms with Gasteiger partial charge in [0.2, 0.25) is 0 Å².